The van der Waals surface area contributed by atoms with Crippen LogP contribution in [-0.4, -0.2) is 11.5 Å². The number of nitrogens with two attached hydrogens (primary N) is 1. The van der Waals surface area contributed by atoms with E-state index in [0.717, 1.165) is 18.5 Å². The Balaban J connectivity index is 2.85. The number of hydrogen-bond acceptors (Lipinski definition) is 2. The molecule has 0 bridgehead atoms. The van der Waals surface area contributed by atoms with Crippen LogP contribution in [0.15, 0.2) is 17.1 Å². The Hall–Kier alpha value is -0.800. The van der Waals surface area contributed by atoms with Gasteiger partial charge in [0.15, 0.2) is 5.43 Å². The summed E-state index contributed by atoms with van der Waals surface area (Å²) >= 11 is 5.74. The molecule has 1 aromatic heterocycles. The van der Waals surface area contributed by atoms with E-state index in [1.165, 1.54) is 6.07 Å². The molecule has 3 N–H and O–H groups in total. The SMILES string of the molecule is NCCCc1[nH]ccc(=O)c1Cl. The molecule has 1 rings (SSSR count). The lowest BCUT2D eigenvalue weighted by molar-refractivity contribution is 0.809. The predicted octanol–water partition coefficient (Wildman–Crippen LogP) is 0.920. The van der Waals surface area contributed by atoms with Gasteiger partial charge in [0.25, 0.3) is 0 Å². The van der Waals surface area contributed by atoms with Crippen LogP contribution in [0.2, 0.25) is 5.02 Å². The molecule has 4 heteroatoms. The third-order valence-electron chi connectivity index (χ3n) is 1.60. The highest BCUT2D eigenvalue weighted by molar-refractivity contribution is 6.31. The molecule has 1 aromatic rings. The van der Waals surface area contributed by atoms with Crippen LogP contribution in [0, 0.1) is 0 Å². The van der Waals surface area contributed by atoms with E-state index in [9.17, 15) is 4.79 Å². The molecule has 0 saturated heterocycles. The van der Waals surface area contributed by atoms with E-state index < -0.39 is 0 Å². The van der Waals surface area contributed by atoms with Crippen molar-refractivity contribution in [3.63, 3.8) is 0 Å². The molecule has 0 radical (unpaired) electrons. The van der Waals surface area contributed by atoms with Gasteiger partial charge in [-0.1, -0.05) is 11.6 Å². The minimum atomic E-state index is -0.137. The Morgan fingerprint density at radius 3 is 3.00 bits per heavy atom. The maximum absolute atomic E-state index is 11.0. The number of halogens is 1. The third kappa shape index (κ3) is 2.09. The van der Waals surface area contributed by atoms with Gasteiger partial charge >= 0.3 is 0 Å². The van der Waals surface area contributed by atoms with Gasteiger partial charge in [0, 0.05) is 18.0 Å². The number of aromatic amines is 1. The molecule has 0 aliphatic carbocycles. The number of aromatic nitrogens is 1. The van der Waals surface area contributed by atoms with Gasteiger partial charge in [-0.3, -0.25) is 4.79 Å². The summed E-state index contributed by atoms with van der Waals surface area (Å²) in [7, 11) is 0. The van der Waals surface area contributed by atoms with E-state index in [4.69, 9.17) is 17.3 Å². The summed E-state index contributed by atoms with van der Waals surface area (Å²) in [6, 6.07) is 1.41. The Labute approximate surface area is 75.6 Å². The number of aryl methyl sites for hydroxylation is 1. The van der Waals surface area contributed by atoms with Crippen LogP contribution in [0.3, 0.4) is 0 Å². The maximum Gasteiger partial charge on any atom is 0.200 e. The molecule has 0 aromatic carbocycles. The molecule has 66 valence electrons. The van der Waals surface area contributed by atoms with Crippen molar-refractivity contribution in [2.45, 2.75) is 12.8 Å². The summed E-state index contributed by atoms with van der Waals surface area (Å²) in [6.07, 6.45) is 3.16. The minimum absolute atomic E-state index is 0.137. The van der Waals surface area contributed by atoms with Crippen molar-refractivity contribution in [1.29, 1.82) is 0 Å². The molecule has 0 amide bonds. The summed E-state index contributed by atoms with van der Waals surface area (Å²) in [5, 5.41) is 0.283. The van der Waals surface area contributed by atoms with Crippen molar-refractivity contribution in [2.75, 3.05) is 6.54 Å². The van der Waals surface area contributed by atoms with E-state index in [2.05, 4.69) is 4.98 Å². The van der Waals surface area contributed by atoms with E-state index in [1.807, 2.05) is 0 Å². The van der Waals surface area contributed by atoms with Crippen LogP contribution >= 0.6 is 11.6 Å². The van der Waals surface area contributed by atoms with Gasteiger partial charge < -0.3 is 10.7 Å². The summed E-state index contributed by atoms with van der Waals surface area (Å²) in [5.74, 6) is 0. The molecule has 0 aliphatic rings. The van der Waals surface area contributed by atoms with E-state index in [0.29, 0.717) is 6.54 Å². The fourth-order valence-corrected chi connectivity index (χ4v) is 1.18. The second kappa shape index (κ2) is 4.28. The standard InChI is InChI=1S/C8H11ClN2O/c9-8-6(2-1-4-10)11-5-3-7(8)12/h3,5H,1-2,4,10H2,(H,11,12). The lowest BCUT2D eigenvalue weighted by atomic mass is 10.2. The monoisotopic (exact) mass is 186 g/mol. The molecule has 0 saturated carbocycles. The third-order valence-corrected chi connectivity index (χ3v) is 2.02. The van der Waals surface area contributed by atoms with Crippen molar-refractivity contribution < 1.29 is 0 Å². The zero-order valence-corrected chi connectivity index (χ0v) is 7.40. The van der Waals surface area contributed by atoms with Crippen LogP contribution in [0.1, 0.15) is 12.1 Å². The highest BCUT2D eigenvalue weighted by Crippen LogP contribution is 2.08. The molecule has 3 nitrogen and oxygen atoms in total. The summed E-state index contributed by atoms with van der Waals surface area (Å²) in [5.41, 5.74) is 5.97. The molecule has 12 heavy (non-hydrogen) atoms. The predicted molar refractivity (Wildman–Crippen MR) is 49.4 cm³/mol. The molecule has 0 fully saturated rings. The van der Waals surface area contributed by atoms with Crippen LogP contribution < -0.4 is 11.2 Å². The number of nitrogens with one attached hydrogen (secondary N) is 1. The number of H-pyrrole nitrogens is 1. The maximum atomic E-state index is 11.0. The molecule has 0 atom stereocenters. The molecule has 1 heterocycles. The number of rotatable bonds is 3. The van der Waals surface area contributed by atoms with Gasteiger partial charge in [-0.25, -0.2) is 0 Å². The van der Waals surface area contributed by atoms with Gasteiger partial charge in [0.1, 0.15) is 5.02 Å². The van der Waals surface area contributed by atoms with Gasteiger partial charge in [0.2, 0.25) is 0 Å². The first kappa shape index (κ1) is 9.29. The van der Waals surface area contributed by atoms with Crippen molar-refractivity contribution in [1.82, 2.24) is 4.98 Å². The van der Waals surface area contributed by atoms with Crippen LogP contribution in [0.25, 0.3) is 0 Å². The van der Waals surface area contributed by atoms with E-state index in [-0.39, 0.29) is 10.5 Å². The average molecular weight is 187 g/mol. The van der Waals surface area contributed by atoms with Gasteiger partial charge in [-0.15, -0.1) is 0 Å². The molecule has 0 spiro atoms. The molecule has 0 aliphatic heterocycles. The average Bonchev–Trinajstić information content (AvgIpc) is 2.08. The van der Waals surface area contributed by atoms with Crippen molar-refractivity contribution in [2.24, 2.45) is 5.73 Å². The lowest BCUT2D eigenvalue weighted by Crippen LogP contribution is -2.07. The van der Waals surface area contributed by atoms with E-state index in [1.54, 1.807) is 6.20 Å². The zero-order chi connectivity index (χ0) is 8.97. The van der Waals surface area contributed by atoms with Gasteiger partial charge in [-0.2, -0.15) is 0 Å². The first-order valence-corrected chi connectivity index (χ1v) is 4.19. The largest absolute Gasteiger partial charge is 0.364 e. The Morgan fingerprint density at radius 2 is 2.33 bits per heavy atom. The first-order chi connectivity index (χ1) is 5.75. The molecular weight excluding hydrogens is 176 g/mol. The summed E-state index contributed by atoms with van der Waals surface area (Å²) in [6.45, 7) is 0.604. The van der Waals surface area contributed by atoms with E-state index >= 15 is 0 Å². The Bertz CT molecular complexity index is 308. The van der Waals surface area contributed by atoms with Crippen LogP contribution in [-0.2, 0) is 6.42 Å². The number of hydrogen-bond donors (Lipinski definition) is 2. The molecular formula is C8H11ClN2O. The number of pyridine rings is 1. The topological polar surface area (TPSA) is 58.9 Å². The minimum Gasteiger partial charge on any atom is -0.364 e. The first-order valence-electron chi connectivity index (χ1n) is 3.82. The Morgan fingerprint density at radius 1 is 1.58 bits per heavy atom. The Kier molecular flexibility index (Phi) is 3.31. The van der Waals surface area contributed by atoms with Crippen molar-refractivity contribution >= 4 is 11.6 Å². The quantitative estimate of drug-likeness (QED) is 0.738. The van der Waals surface area contributed by atoms with Crippen molar-refractivity contribution in [3.05, 3.63) is 33.2 Å². The fraction of sp³-hybridized carbons (Fsp3) is 0.375. The highest BCUT2D eigenvalue weighted by Gasteiger charge is 2.02. The van der Waals surface area contributed by atoms with Crippen LogP contribution in [0.5, 0.6) is 0 Å². The van der Waals surface area contributed by atoms with Gasteiger partial charge in [0.05, 0.1) is 0 Å². The van der Waals surface area contributed by atoms with Gasteiger partial charge in [-0.05, 0) is 19.4 Å². The summed E-state index contributed by atoms with van der Waals surface area (Å²) in [4.78, 5) is 13.9. The molecule has 0 unspecified atom stereocenters. The normalized spacial score (nSPS) is 10.2. The summed E-state index contributed by atoms with van der Waals surface area (Å²) < 4.78 is 0. The van der Waals surface area contributed by atoms with Crippen LogP contribution in [0.4, 0.5) is 0 Å². The smallest absolute Gasteiger partial charge is 0.200 e. The second-order valence-electron chi connectivity index (χ2n) is 2.53. The van der Waals surface area contributed by atoms with Crippen molar-refractivity contribution in [3.8, 4) is 0 Å². The fourth-order valence-electron chi connectivity index (χ4n) is 0.964. The second-order valence-corrected chi connectivity index (χ2v) is 2.90. The zero-order valence-electron chi connectivity index (χ0n) is 6.64. The lowest BCUT2D eigenvalue weighted by Gasteiger charge is -2.00. The highest BCUT2D eigenvalue weighted by atomic mass is 35.5.